The topological polar surface area (TPSA) is 59.1 Å². The molecular weight excluding hydrogens is 304 g/mol. The van der Waals surface area contributed by atoms with E-state index in [-0.39, 0.29) is 11.8 Å². The fraction of sp³-hybridized carbons (Fsp3) is 0.400. The third-order valence-electron chi connectivity index (χ3n) is 3.85. The van der Waals surface area contributed by atoms with Crippen LogP contribution in [0.4, 0.5) is 0 Å². The van der Waals surface area contributed by atoms with Gasteiger partial charge in [-0.2, -0.15) is 0 Å². The van der Waals surface area contributed by atoms with Crippen molar-refractivity contribution in [3.63, 3.8) is 0 Å². The average Bonchev–Trinajstić information content (AvgIpc) is 3.01. The molecule has 0 amide bonds. The summed E-state index contributed by atoms with van der Waals surface area (Å²) in [4.78, 5) is 4.81. The summed E-state index contributed by atoms with van der Waals surface area (Å²) in [6, 6.07) is 7.42. The summed E-state index contributed by atoms with van der Waals surface area (Å²) < 4.78 is 24.2. The van der Waals surface area contributed by atoms with Gasteiger partial charge in [-0.15, -0.1) is 11.3 Å². The van der Waals surface area contributed by atoms with Crippen LogP contribution >= 0.6 is 11.3 Å². The fourth-order valence-corrected chi connectivity index (χ4v) is 5.01. The number of thiazole rings is 1. The monoisotopic (exact) mass is 322 g/mol. The average molecular weight is 322 g/mol. The number of hydrogen-bond acceptors (Lipinski definition) is 5. The molecule has 0 spiro atoms. The number of sulfone groups is 1. The van der Waals surface area contributed by atoms with Crippen molar-refractivity contribution in [2.45, 2.75) is 30.2 Å². The predicted molar refractivity (Wildman–Crippen MR) is 84.4 cm³/mol. The van der Waals surface area contributed by atoms with Crippen LogP contribution in [0, 0.1) is 0 Å². The molecule has 0 saturated carbocycles. The summed E-state index contributed by atoms with van der Waals surface area (Å²) in [5.41, 5.74) is 0.898. The van der Waals surface area contributed by atoms with Gasteiger partial charge in [0, 0.05) is 30.1 Å². The number of rotatable bonds is 4. The van der Waals surface area contributed by atoms with E-state index in [2.05, 4.69) is 17.2 Å². The van der Waals surface area contributed by atoms with E-state index >= 15 is 0 Å². The van der Waals surface area contributed by atoms with Crippen molar-refractivity contribution < 1.29 is 8.42 Å². The van der Waals surface area contributed by atoms with E-state index in [0.717, 1.165) is 17.1 Å². The molecule has 4 nitrogen and oxygen atoms in total. The fourth-order valence-electron chi connectivity index (χ4n) is 2.69. The summed E-state index contributed by atoms with van der Waals surface area (Å²) in [7, 11) is -3.11. The lowest BCUT2D eigenvalue weighted by molar-refractivity contribution is 0.474. The van der Waals surface area contributed by atoms with Crippen LogP contribution < -0.4 is 5.32 Å². The lowest BCUT2D eigenvalue weighted by Gasteiger charge is -2.27. The first-order chi connectivity index (χ1) is 10.1. The van der Waals surface area contributed by atoms with Gasteiger partial charge < -0.3 is 5.32 Å². The van der Waals surface area contributed by atoms with Crippen molar-refractivity contribution in [3.8, 4) is 0 Å². The quantitative estimate of drug-likeness (QED) is 0.940. The van der Waals surface area contributed by atoms with E-state index in [4.69, 9.17) is 0 Å². The molecule has 2 heterocycles. The Morgan fingerprint density at radius 1 is 1.43 bits per heavy atom. The number of nitrogens with zero attached hydrogens (tertiary/aromatic N) is 1. The van der Waals surface area contributed by atoms with Crippen LogP contribution in [0.25, 0.3) is 0 Å². The highest BCUT2D eigenvalue weighted by Crippen LogP contribution is 2.32. The summed E-state index contributed by atoms with van der Waals surface area (Å²) >= 11 is 1.66. The minimum atomic E-state index is -3.11. The molecule has 1 aromatic heterocycles. The van der Waals surface area contributed by atoms with Crippen LogP contribution in [0.15, 0.2) is 40.7 Å². The third kappa shape index (κ3) is 3.02. The summed E-state index contributed by atoms with van der Waals surface area (Å²) in [5, 5.41) is 6.60. The molecule has 0 radical (unpaired) electrons. The molecule has 0 saturated heterocycles. The number of hydrogen-bond donors (Lipinski definition) is 1. The molecule has 112 valence electrons. The van der Waals surface area contributed by atoms with E-state index < -0.39 is 9.84 Å². The van der Waals surface area contributed by atoms with Crippen molar-refractivity contribution in [1.29, 1.82) is 0 Å². The maximum absolute atomic E-state index is 12.1. The maximum Gasteiger partial charge on any atom is 0.178 e. The van der Waals surface area contributed by atoms with Gasteiger partial charge in [-0.1, -0.05) is 25.1 Å². The van der Waals surface area contributed by atoms with Gasteiger partial charge in [0.2, 0.25) is 0 Å². The Hall–Kier alpha value is -1.24. The minimum absolute atomic E-state index is 0.104. The van der Waals surface area contributed by atoms with E-state index in [1.807, 2.05) is 23.7 Å². The number of fused-ring (bicyclic) bond motifs is 1. The molecule has 2 aromatic rings. The first-order valence-corrected chi connectivity index (χ1v) is 9.55. The molecule has 0 aliphatic carbocycles. The Labute approximate surface area is 129 Å². The van der Waals surface area contributed by atoms with Gasteiger partial charge in [-0.25, -0.2) is 13.4 Å². The van der Waals surface area contributed by atoms with Crippen LogP contribution in [0.2, 0.25) is 0 Å². The molecular formula is C15H18N2O2S2. The molecule has 1 aromatic carbocycles. The van der Waals surface area contributed by atoms with Gasteiger partial charge >= 0.3 is 0 Å². The second-order valence-electron chi connectivity index (χ2n) is 5.38. The zero-order chi connectivity index (χ0) is 14.9. The predicted octanol–water partition coefficient (Wildman–Crippen LogP) is 2.75. The first kappa shape index (κ1) is 14.7. The SMILES string of the molecule is CC(CNC1CCS(=O)(=O)c2ccccc21)c1nccs1. The Kier molecular flexibility index (Phi) is 4.10. The summed E-state index contributed by atoms with van der Waals surface area (Å²) in [5.74, 6) is 0.545. The highest BCUT2D eigenvalue weighted by Gasteiger charge is 2.29. The van der Waals surface area contributed by atoms with Crippen LogP contribution in [-0.4, -0.2) is 25.7 Å². The first-order valence-electron chi connectivity index (χ1n) is 7.02. The van der Waals surface area contributed by atoms with Crippen LogP contribution in [0.1, 0.15) is 35.9 Å². The van der Waals surface area contributed by atoms with Crippen molar-refractivity contribution in [2.75, 3.05) is 12.3 Å². The van der Waals surface area contributed by atoms with Crippen LogP contribution in [0.5, 0.6) is 0 Å². The van der Waals surface area contributed by atoms with E-state index in [1.165, 1.54) is 0 Å². The Balaban J connectivity index is 1.75. The molecule has 1 aliphatic heterocycles. The second kappa shape index (κ2) is 5.87. The smallest absolute Gasteiger partial charge is 0.178 e. The molecule has 2 atom stereocenters. The Morgan fingerprint density at radius 3 is 3.00 bits per heavy atom. The molecule has 1 aliphatic rings. The van der Waals surface area contributed by atoms with Gasteiger partial charge in [0.25, 0.3) is 0 Å². The molecule has 2 unspecified atom stereocenters. The summed E-state index contributed by atoms with van der Waals surface area (Å²) in [6.07, 6.45) is 2.45. The van der Waals surface area contributed by atoms with Gasteiger partial charge in [0.1, 0.15) is 0 Å². The van der Waals surface area contributed by atoms with E-state index in [9.17, 15) is 8.42 Å². The van der Waals surface area contributed by atoms with E-state index in [0.29, 0.717) is 17.2 Å². The van der Waals surface area contributed by atoms with Crippen LogP contribution in [0.3, 0.4) is 0 Å². The number of aromatic nitrogens is 1. The number of benzene rings is 1. The van der Waals surface area contributed by atoms with Gasteiger partial charge in [-0.3, -0.25) is 0 Å². The van der Waals surface area contributed by atoms with Crippen molar-refractivity contribution >= 4 is 21.2 Å². The number of nitrogens with one attached hydrogen (secondary N) is 1. The molecule has 6 heteroatoms. The largest absolute Gasteiger partial charge is 0.309 e. The lowest BCUT2D eigenvalue weighted by atomic mass is 10.0. The zero-order valence-corrected chi connectivity index (χ0v) is 13.5. The van der Waals surface area contributed by atoms with Gasteiger partial charge in [0.05, 0.1) is 15.7 Å². The highest BCUT2D eigenvalue weighted by atomic mass is 32.2. The molecule has 3 rings (SSSR count). The van der Waals surface area contributed by atoms with Crippen molar-refractivity contribution in [3.05, 3.63) is 46.4 Å². The molecule has 21 heavy (non-hydrogen) atoms. The Bertz CT molecular complexity index is 711. The molecule has 1 N–H and O–H groups in total. The Morgan fingerprint density at radius 2 is 2.24 bits per heavy atom. The molecule has 0 fully saturated rings. The summed E-state index contributed by atoms with van der Waals surface area (Å²) in [6.45, 7) is 2.93. The minimum Gasteiger partial charge on any atom is -0.309 e. The van der Waals surface area contributed by atoms with Crippen molar-refractivity contribution in [1.82, 2.24) is 10.3 Å². The highest BCUT2D eigenvalue weighted by molar-refractivity contribution is 7.91. The lowest BCUT2D eigenvalue weighted by Crippen LogP contribution is -2.31. The van der Waals surface area contributed by atoms with Crippen molar-refractivity contribution in [2.24, 2.45) is 0 Å². The maximum atomic E-state index is 12.1. The second-order valence-corrected chi connectivity index (χ2v) is 8.38. The van der Waals surface area contributed by atoms with Crippen LogP contribution in [-0.2, 0) is 9.84 Å². The third-order valence-corrected chi connectivity index (χ3v) is 6.67. The zero-order valence-electron chi connectivity index (χ0n) is 11.8. The molecule has 0 bridgehead atoms. The normalized spacial score (nSPS) is 21.7. The van der Waals surface area contributed by atoms with Gasteiger partial charge in [0.15, 0.2) is 9.84 Å². The van der Waals surface area contributed by atoms with Gasteiger partial charge in [-0.05, 0) is 18.1 Å². The van der Waals surface area contributed by atoms with E-state index in [1.54, 1.807) is 23.5 Å². The standard InChI is InChI=1S/C15H18N2O2S2/c1-11(15-16-7-8-20-15)10-17-13-6-9-21(18,19)14-5-3-2-4-12(13)14/h2-5,7-8,11,13,17H,6,9-10H2,1H3.